The van der Waals surface area contributed by atoms with E-state index in [2.05, 4.69) is 20.8 Å². The van der Waals surface area contributed by atoms with Crippen LogP contribution in [0.25, 0.3) is 0 Å². The highest BCUT2D eigenvalue weighted by molar-refractivity contribution is 8.02. The number of carbonyl (C=O) groups excluding carboxylic acids is 1. The van der Waals surface area contributed by atoms with E-state index in [1.165, 1.54) is 35.2 Å². The van der Waals surface area contributed by atoms with Gasteiger partial charge in [-0.25, -0.2) is 4.39 Å². The largest absolute Gasteiger partial charge is 0.467 e. The molecule has 6 nitrogen and oxygen atoms in total. The van der Waals surface area contributed by atoms with Crippen LogP contribution in [0.15, 0.2) is 51.4 Å². The van der Waals surface area contributed by atoms with E-state index in [-0.39, 0.29) is 23.0 Å². The predicted octanol–water partition coefficient (Wildman–Crippen LogP) is 4.24. The third kappa shape index (κ3) is 5.54. The van der Waals surface area contributed by atoms with Gasteiger partial charge in [-0.2, -0.15) is 0 Å². The summed E-state index contributed by atoms with van der Waals surface area (Å²) in [5.74, 6) is 0.396. The smallest absolute Gasteiger partial charge is 0.233 e. The van der Waals surface area contributed by atoms with E-state index in [0.717, 1.165) is 11.3 Å². The van der Waals surface area contributed by atoms with Gasteiger partial charge in [-0.1, -0.05) is 35.2 Å². The molecule has 0 aliphatic carbocycles. The van der Waals surface area contributed by atoms with Gasteiger partial charge in [0, 0.05) is 0 Å². The van der Waals surface area contributed by atoms with Gasteiger partial charge in [0.1, 0.15) is 11.6 Å². The molecule has 0 fully saturated rings. The van der Waals surface area contributed by atoms with Crippen molar-refractivity contribution in [1.82, 2.24) is 15.5 Å². The minimum atomic E-state index is -0.334. The Morgan fingerprint density at radius 2 is 2.04 bits per heavy atom. The third-order valence-corrected chi connectivity index (χ3v) is 5.84. The van der Waals surface area contributed by atoms with Crippen molar-refractivity contribution in [2.75, 3.05) is 5.32 Å². The number of amides is 1. The lowest BCUT2D eigenvalue weighted by Crippen LogP contribution is -2.33. The van der Waals surface area contributed by atoms with Gasteiger partial charge < -0.3 is 15.1 Å². The molecule has 0 saturated carbocycles. The highest BCUT2D eigenvalue weighted by Crippen LogP contribution is 2.29. The number of hydrogen-bond acceptors (Lipinski definition) is 7. The summed E-state index contributed by atoms with van der Waals surface area (Å²) in [6.45, 7) is 4.20. The van der Waals surface area contributed by atoms with E-state index < -0.39 is 0 Å². The first-order valence-corrected chi connectivity index (χ1v) is 10.0. The Morgan fingerprint density at radius 3 is 2.74 bits per heavy atom. The summed E-state index contributed by atoms with van der Waals surface area (Å²) in [6.07, 6.45) is 1.62. The number of benzene rings is 1. The summed E-state index contributed by atoms with van der Waals surface area (Å²) in [4.78, 5) is 12.4. The number of aromatic nitrogens is 2. The zero-order valence-corrected chi connectivity index (χ0v) is 16.4. The molecule has 0 saturated heterocycles. The second-order valence-corrected chi connectivity index (χ2v) is 8.41. The van der Waals surface area contributed by atoms with Gasteiger partial charge in [0.2, 0.25) is 11.0 Å². The molecule has 0 radical (unpaired) electrons. The van der Waals surface area contributed by atoms with Gasteiger partial charge in [-0.3, -0.25) is 4.79 Å². The number of halogens is 1. The van der Waals surface area contributed by atoms with E-state index in [0.29, 0.717) is 16.0 Å². The summed E-state index contributed by atoms with van der Waals surface area (Å²) >= 11 is 2.73. The molecular weight excluding hydrogens is 387 g/mol. The van der Waals surface area contributed by atoms with Crippen LogP contribution in [0.2, 0.25) is 0 Å². The van der Waals surface area contributed by atoms with Crippen molar-refractivity contribution < 1.29 is 13.6 Å². The first-order chi connectivity index (χ1) is 13.0. The van der Waals surface area contributed by atoms with Gasteiger partial charge in [0.25, 0.3) is 0 Å². The second kappa shape index (κ2) is 9.01. The molecule has 2 N–H and O–H groups in total. The van der Waals surface area contributed by atoms with E-state index in [4.69, 9.17) is 4.42 Å². The van der Waals surface area contributed by atoms with Crippen LogP contribution in [0.5, 0.6) is 0 Å². The minimum Gasteiger partial charge on any atom is -0.467 e. The Labute approximate surface area is 164 Å². The molecule has 0 unspecified atom stereocenters. The fraction of sp³-hybridized carbons (Fsp3) is 0.278. The highest BCUT2D eigenvalue weighted by Gasteiger charge is 2.19. The van der Waals surface area contributed by atoms with Crippen LogP contribution < -0.4 is 10.6 Å². The normalized spacial score (nSPS) is 13.1. The van der Waals surface area contributed by atoms with Gasteiger partial charge in [-0.15, -0.1) is 10.2 Å². The first kappa shape index (κ1) is 19.4. The summed E-state index contributed by atoms with van der Waals surface area (Å²) in [7, 11) is 0. The van der Waals surface area contributed by atoms with Crippen LogP contribution in [0.3, 0.4) is 0 Å². The Morgan fingerprint density at radius 1 is 1.26 bits per heavy atom. The van der Waals surface area contributed by atoms with E-state index in [1.54, 1.807) is 18.4 Å². The lowest BCUT2D eigenvalue weighted by atomic mass is 10.1. The number of furan rings is 1. The Balaban J connectivity index is 1.49. The minimum absolute atomic E-state index is 0.114. The van der Waals surface area contributed by atoms with Crippen molar-refractivity contribution in [3.8, 4) is 0 Å². The topological polar surface area (TPSA) is 80.1 Å². The van der Waals surface area contributed by atoms with Crippen molar-refractivity contribution in [1.29, 1.82) is 0 Å². The van der Waals surface area contributed by atoms with Crippen molar-refractivity contribution in [3.05, 3.63) is 59.8 Å². The monoisotopic (exact) mass is 406 g/mol. The number of hydrogen-bond donors (Lipinski definition) is 2. The molecule has 0 spiro atoms. The Hall–Kier alpha value is -2.39. The van der Waals surface area contributed by atoms with Crippen LogP contribution in [-0.2, 0) is 11.3 Å². The summed E-state index contributed by atoms with van der Waals surface area (Å²) in [6, 6.07) is 9.59. The molecule has 3 aromatic rings. The molecule has 2 aromatic heterocycles. The molecule has 0 bridgehead atoms. The Kier molecular flexibility index (Phi) is 6.46. The number of nitrogens with zero attached hydrogens (tertiary/aromatic N) is 2. The van der Waals surface area contributed by atoms with Crippen LogP contribution in [0, 0.1) is 5.82 Å². The summed E-state index contributed by atoms with van der Waals surface area (Å²) in [5, 5.41) is 14.6. The zero-order valence-electron chi connectivity index (χ0n) is 14.8. The van der Waals surface area contributed by atoms with E-state index in [9.17, 15) is 9.18 Å². The van der Waals surface area contributed by atoms with Crippen molar-refractivity contribution in [3.63, 3.8) is 0 Å². The van der Waals surface area contributed by atoms with Crippen LogP contribution in [0.4, 0.5) is 9.52 Å². The molecule has 9 heteroatoms. The zero-order chi connectivity index (χ0) is 19.2. The maximum Gasteiger partial charge on any atom is 0.233 e. The summed E-state index contributed by atoms with van der Waals surface area (Å²) in [5.41, 5.74) is 0.849. The van der Waals surface area contributed by atoms with Crippen LogP contribution in [0.1, 0.15) is 31.2 Å². The van der Waals surface area contributed by atoms with Crippen LogP contribution >= 0.6 is 23.1 Å². The molecular formula is C18H19FN4O2S2. The molecule has 3 rings (SSSR count). The Bertz CT molecular complexity index is 868. The molecule has 1 aromatic carbocycles. The second-order valence-electron chi connectivity index (χ2n) is 5.85. The standard InChI is InChI=1S/C18H19FN4O2S2/c1-11(13-5-7-14(19)8-6-13)21-16(24)12(2)26-18-23-22-17(27-18)20-10-15-4-3-9-25-15/h3-9,11-12H,10H2,1-2H3,(H,20,22)(H,21,24)/t11-,12-/m0/s1. The van der Waals surface area contributed by atoms with Crippen molar-refractivity contribution in [2.24, 2.45) is 0 Å². The van der Waals surface area contributed by atoms with E-state index in [1.807, 2.05) is 26.0 Å². The van der Waals surface area contributed by atoms with Crippen molar-refractivity contribution in [2.45, 2.75) is 36.0 Å². The number of rotatable bonds is 8. The fourth-order valence-corrected chi connectivity index (χ4v) is 4.18. The third-order valence-electron chi connectivity index (χ3n) is 3.78. The average molecular weight is 407 g/mol. The molecule has 1 amide bonds. The molecule has 142 valence electrons. The molecule has 0 aliphatic heterocycles. The van der Waals surface area contributed by atoms with E-state index >= 15 is 0 Å². The van der Waals surface area contributed by atoms with Crippen LogP contribution in [-0.4, -0.2) is 21.4 Å². The first-order valence-electron chi connectivity index (χ1n) is 8.33. The quantitative estimate of drug-likeness (QED) is 0.545. The number of anilines is 1. The molecule has 2 heterocycles. The van der Waals surface area contributed by atoms with Crippen molar-refractivity contribution >= 4 is 34.1 Å². The fourth-order valence-electron chi connectivity index (χ4n) is 2.27. The molecule has 0 aliphatic rings. The average Bonchev–Trinajstić information content (AvgIpc) is 3.32. The predicted molar refractivity (Wildman–Crippen MR) is 104 cm³/mol. The van der Waals surface area contributed by atoms with Gasteiger partial charge in [0.15, 0.2) is 4.34 Å². The van der Waals surface area contributed by atoms with Gasteiger partial charge >= 0.3 is 0 Å². The van der Waals surface area contributed by atoms with Gasteiger partial charge in [-0.05, 0) is 43.7 Å². The lowest BCUT2D eigenvalue weighted by Gasteiger charge is -2.17. The molecule has 2 atom stereocenters. The number of thioether (sulfide) groups is 1. The SMILES string of the molecule is C[C@H](Sc1nnc(NCc2ccco2)s1)C(=O)N[C@@H](C)c1ccc(F)cc1. The maximum atomic E-state index is 13.0. The van der Waals surface area contributed by atoms with Gasteiger partial charge in [0.05, 0.1) is 24.1 Å². The molecule has 27 heavy (non-hydrogen) atoms. The number of nitrogens with one attached hydrogen (secondary N) is 2. The number of carbonyl (C=O) groups is 1. The highest BCUT2D eigenvalue weighted by atomic mass is 32.2. The summed E-state index contributed by atoms with van der Waals surface area (Å²) < 4.78 is 19.0. The maximum absolute atomic E-state index is 13.0. The lowest BCUT2D eigenvalue weighted by molar-refractivity contribution is -0.120.